The van der Waals surface area contributed by atoms with Gasteiger partial charge in [0.1, 0.15) is 17.3 Å². The average molecular weight is 420 g/mol. The van der Waals surface area contributed by atoms with Gasteiger partial charge in [-0.3, -0.25) is 0 Å². The number of hydrogen-bond donors (Lipinski definition) is 1. The molecule has 1 aliphatic rings. The maximum absolute atomic E-state index is 11.7. The predicted molar refractivity (Wildman–Crippen MR) is 109 cm³/mol. The van der Waals surface area contributed by atoms with Gasteiger partial charge in [-0.2, -0.15) is 0 Å². The van der Waals surface area contributed by atoms with Crippen molar-refractivity contribution in [1.82, 2.24) is 5.32 Å². The fourth-order valence-electron chi connectivity index (χ4n) is 2.96. The molecule has 28 heavy (non-hydrogen) atoms. The van der Waals surface area contributed by atoms with Gasteiger partial charge >= 0.3 is 6.16 Å². The van der Waals surface area contributed by atoms with E-state index in [-0.39, 0.29) is 5.92 Å². The van der Waals surface area contributed by atoms with Crippen LogP contribution in [0.5, 0.6) is 11.5 Å². The number of para-hydroxylation sites is 1. The number of methoxy groups -OCH3 is 1. The number of dihydropyridines is 1. The zero-order valence-electron chi connectivity index (χ0n) is 15.6. The van der Waals surface area contributed by atoms with Crippen molar-refractivity contribution >= 4 is 29.4 Å². The van der Waals surface area contributed by atoms with Gasteiger partial charge in [-0.15, -0.1) is 0 Å². The lowest BCUT2D eigenvalue weighted by atomic mass is 9.92. The molecule has 7 heteroatoms. The first-order chi connectivity index (χ1) is 13.4. The Labute approximate surface area is 173 Å². The first-order valence-electron chi connectivity index (χ1n) is 8.53. The fraction of sp³-hybridized carbons (Fsp3) is 0.190. The van der Waals surface area contributed by atoms with Crippen molar-refractivity contribution in [2.75, 3.05) is 7.11 Å². The number of benzene rings is 2. The Bertz CT molecular complexity index is 969. The topological polar surface area (TPSA) is 56.8 Å². The van der Waals surface area contributed by atoms with Crippen molar-refractivity contribution in [3.63, 3.8) is 0 Å². The Morgan fingerprint density at radius 2 is 1.82 bits per heavy atom. The number of ether oxygens (including phenoxy) is 3. The minimum atomic E-state index is -0.781. The minimum absolute atomic E-state index is 0.334. The van der Waals surface area contributed by atoms with Crippen LogP contribution in [0.3, 0.4) is 0 Å². The highest BCUT2D eigenvalue weighted by Gasteiger charge is 2.28. The van der Waals surface area contributed by atoms with E-state index in [9.17, 15) is 4.79 Å². The molecular weight excluding hydrogens is 401 g/mol. The smallest absolute Gasteiger partial charge is 0.457 e. The summed E-state index contributed by atoms with van der Waals surface area (Å²) in [7, 11) is 1.27. The van der Waals surface area contributed by atoms with Crippen LogP contribution in [0.4, 0.5) is 4.79 Å². The molecule has 0 bridgehead atoms. The van der Waals surface area contributed by atoms with E-state index in [1.54, 1.807) is 18.2 Å². The van der Waals surface area contributed by atoms with Crippen molar-refractivity contribution < 1.29 is 19.0 Å². The van der Waals surface area contributed by atoms with E-state index >= 15 is 0 Å². The van der Waals surface area contributed by atoms with E-state index in [0.29, 0.717) is 27.3 Å². The Balaban J connectivity index is 2.00. The van der Waals surface area contributed by atoms with Gasteiger partial charge in [0.25, 0.3) is 0 Å². The number of halogens is 2. The Kier molecular flexibility index (Phi) is 6.17. The summed E-state index contributed by atoms with van der Waals surface area (Å²) in [6.07, 6.45) is 1.18. The van der Waals surface area contributed by atoms with Crippen LogP contribution < -0.4 is 10.1 Å². The largest absolute Gasteiger partial charge is 0.513 e. The Morgan fingerprint density at radius 1 is 1.07 bits per heavy atom. The van der Waals surface area contributed by atoms with Crippen LogP contribution in [0.2, 0.25) is 10.0 Å². The monoisotopic (exact) mass is 419 g/mol. The molecule has 3 rings (SSSR count). The maximum Gasteiger partial charge on any atom is 0.513 e. The quantitative estimate of drug-likeness (QED) is 0.581. The molecule has 1 atom stereocenters. The first-order valence-corrected chi connectivity index (χ1v) is 9.28. The van der Waals surface area contributed by atoms with Crippen LogP contribution in [0, 0.1) is 0 Å². The van der Waals surface area contributed by atoms with Gasteiger partial charge in [0.15, 0.2) is 0 Å². The summed E-state index contributed by atoms with van der Waals surface area (Å²) in [5, 5.41) is 4.03. The summed E-state index contributed by atoms with van der Waals surface area (Å²) in [6, 6.07) is 12.6. The van der Waals surface area contributed by atoms with Crippen LogP contribution in [0.1, 0.15) is 25.3 Å². The highest BCUT2D eigenvalue weighted by atomic mass is 35.5. The SMILES string of the molecule is COC(=O)OC1=C(C)NC(C)=CC1c1ccccc1Oc1ccc(Cl)c(Cl)c1. The molecule has 0 radical (unpaired) electrons. The molecule has 0 saturated heterocycles. The zero-order valence-corrected chi connectivity index (χ0v) is 17.1. The normalized spacial score (nSPS) is 16.2. The maximum atomic E-state index is 11.7. The summed E-state index contributed by atoms with van der Waals surface area (Å²) >= 11 is 12.1. The highest BCUT2D eigenvalue weighted by molar-refractivity contribution is 6.42. The molecule has 0 saturated carbocycles. The number of rotatable bonds is 4. The molecule has 0 fully saturated rings. The number of nitrogens with one attached hydrogen (secondary N) is 1. The van der Waals surface area contributed by atoms with Crippen LogP contribution in [-0.4, -0.2) is 13.3 Å². The standard InChI is InChI=1S/C21H19Cl2NO4/c1-12-10-16(20(13(2)24-12)28-21(25)26-3)15-6-4-5-7-19(15)27-14-8-9-17(22)18(23)11-14/h4-11,16,24H,1-3H3. The summed E-state index contributed by atoms with van der Waals surface area (Å²) in [6.45, 7) is 3.78. The van der Waals surface area contributed by atoms with E-state index < -0.39 is 6.16 Å². The molecule has 146 valence electrons. The van der Waals surface area contributed by atoms with Gasteiger partial charge in [0, 0.05) is 17.3 Å². The van der Waals surface area contributed by atoms with Crippen molar-refractivity contribution in [3.8, 4) is 11.5 Å². The van der Waals surface area contributed by atoms with Crippen LogP contribution in [0.25, 0.3) is 0 Å². The number of allylic oxidation sites excluding steroid dienone is 3. The lowest BCUT2D eigenvalue weighted by Crippen LogP contribution is -2.23. The van der Waals surface area contributed by atoms with Crippen molar-refractivity contribution in [3.05, 3.63) is 81.3 Å². The zero-order chi connectivity index (χ0) is 20.3. The van der Waals surface area contributed by atoms with E-state index in [2.05, 4.69) is 10.1 Å². The third kappa shape index (κ3) is 4.43. The van der Waals surface area contributed by atoms with Crippen LogP contribution >= 0.6 is 23.2 Å². The van der Waals surface area contributed by atoms with E-state index in [1.165, 1.54) is 7.11 Å². The van der Waals surface area contributed by atoms with Crippen molar-refractivity contribution in [1.29, 1.82) is 0 Å². The fourth-order valence-corrected chi connectivity index (χ4v) is 3.25. The molecule has 5 nitrogen and oxygen atoms in total. The molecule has 1 N–H and O–H groups in total. The first kappa shape index (κ1) is 20.1. The summed E-state index contributed by atoms with van der Waals surface area (Å²) < 4.78 is 16.1. The lowest BCUT2D eigenvalue weighted by molar-refractivity contribution is 0.0924. The van der Waals surface area contributed by atoms with Gasteiger partial charge < -0.3 is 19.5 Å². The third-order valence-electron chi connectivity index (χ3n) is 4.19. The van der Waals surface area contributed by atoms with Crippen LogP contribution in [-0.2, 0) is 9.47 Å². The second-order valence-corrected chi connectivity index (χ2v) is 7.03. The van der Waals surface area contributed by atoms with Gasteiger partial charge in [-0.1, -0.05) is 47.5 Å². The second-order valence-electron chi connectivity index (χ2n) is 6.21. The summed E-state index contributed by atoms with van der Waals surface area (Å²) in [5.41, 5.74) is 2.48. The average Bonchev–Trinajstić information content (AvgIpc) is 2.67. The molecule has 0 aliphatic carbocycles. The molecular formula is C21H19Cl2NO4. The van der Waals surface area contributed by atoms with Gasteiger partial charge in [-0.25, -0.2) is 4.79 Å². The Morgan fingerprint density at radius 3 is 2.54 bits per heavy atom. The van der Waals surface area contributed by atoms with Gasteiger partial charge in [-0.05, 0) is 32.0 Å². The number of carbonyl (C=O) groups excluding carboxylic acids is 1. The highest BCUT2D eigenvalue weighted by Crippen LogP contribution is 2.39. The van der Waals surface area contributed by atoms with Gasteiger partial charge in [0.05, 0.1) is 28.8 Å². The number of carbonyl (C=O) groups is 1. The van der Waals surface area contributed by atoms with Crippen molar-refractivity contribution in [2.45, 2.75) is 19.8 Å². The summed E-state index contributed by atoms with van der Waals surface area (Å²) in [5.74, 6) is 1.27. The molecule has 2 aromatic carbocycles. The molecule has 0 spiro atoms. The molecule has 0 amide bonds. The van der Waals surface area contributed by atoms with E-state index in [0.717, 1.165) is 17.0 Å². The Hall–Kier alpha value is -2.63. The molecule has 1 aliphatic heterocycles. The minimum Gasteiger partial charge on any atom is -0.457 e. The lowest BCUT2D eigenvalue weighted by Gasteiger charge is -2.26. The third-order valence-corrected chi connectivity index (χ3v) is 4.93. The van der Waals surface area contributed by atoms with Crippen LogP contribution in [0.15, 0.2) is 65.7 Å². The molecule has 1 unspecified atom stereocenters. The molecule has 0 aromatic heterocycles. The number of hydrogen-bond acceptors (Lipinski definition) is 5. The second kappa shape index (κ2) is 8.59. The molecule has 1 heterocycles. The van der Waals surface area contributed by atoms with E-state index in [4.69, 9.17) is 32.7 Å². The predicted octanol–water partition coefficient (Wildman–Crippen LogP) is 6.39. The van der Waals surface area contributed by atoms with E-state index in [1.807, 2.05) is 44.2 Å². The van der Waals surface area contributed by atoms with Crippen molar-refractivity contribution in [2.24, 2.45) is 0 Å². The van der Waals surface area contributed by atoms with Gasteiger partial charge in [0.2, 0.25) is 0 Å². The molecule has 2 aromatic rings. The summed E-state index contributed by atoms with van der Waals surface area (Å²) in [4.78, 5) is 11.7.